The van der Waals surface area contributed by atoms with Crippen LogP contribution in [0.3, 0.4) is 0 Å². The maximum Gasteiger partial charge on any atom is 0.295 e. The molecule has 1 unspecified atom stereocenters. The number of hydrogen-bond acceptors (Lipinski definition) is 5. The Morgan fingerprint density at radius 3 is 2.47 bits per heavy atom. The Labute approximate surface area is 214 Å². The number of rotatable bonds is 10. The van der Waals surface area contributed by atoms with Crippen LogP contribution in [0.1, 0.15) is 37.4 Å². The number of hydrogen-bond donors (Lipinski definition) is 1. The number of nitrogens with one attached hydrogen (secondary N) is 1. The van der Waals surface area contributed by atoms with Crippen LogP contribution in [0.15, 0.2) is 66.8 Å². The van der Waals surface area contributed by atoms with E-state index in [0.29, 0.717) is 60.4 Å². The van der Waals surface area contributed by atoms with Gasteiger partial charge >= 0.3 is 0 Å². The highest BCUT2D eigenvalue weighted by Crippen LogP contribution is 2.41. The molecule has 8 nitrogen and oxygen atoms in total. The second-order valence-electron chi connectivity index (χ2n) is 8.25. The van der Waals surface area contributed by atoms with Gasteiger partial charge < -0.3 is 19.5 Å². The number of benzene rings is 2. The van der Waals surface area contributed by atoms with Gasteiger partial charge in [0.05, 0.1) is 25.8 Å². The number of ketones is 1. The number of aryl methyl sites for hydroxylation is 1. The van der Waals surface area contributed by atoms with Crippen LogP contribution in [0, 0.1) is 0 Å². The van der Waals surface area contributed by atoms with E-state index in [1.165, 1.54) is 4.90 Å². The second kappa shape index (κ2) is 11.3. The zero-order valence-electron chi connectivity index (χ0n) is 20.2. The Morgan fingerprint density at radius 1 is 1.08 bits per heavy atom. The lowest BCUT2D eigenvalue weighted by Gasteiger charge is -2.28. The standard InChI is InChI=1S/C27H28ClN3O5/c1-3-35-21-11-8-19(16-22(21)36-4-2)24-23(25(32)18-6-9-20(28)10-7-18)26(33)27(34)31(24)14-5-13-30-15-12-29-17-30/h6-12,15-17,24H,3-5,13-14H2,1-2H3,(H,32,33). The topological polar surface area (TPSA) is 98.6 Å². The van der Waals surface area contributed by atoms with Gasteiger partial charge in [-0.15, -0.1) is 0 Å². The fourth-order valence-electron chi connectivity index (χ4n) is 4.33. The molecule has 1 N–H and O–H groups in total. The molecule has 0 radical (unpaired) electrons. The molecule has 3 aromatic rings. The summed E-state index contributed by atoms with van der Waals surface area (Å²) >= 11 is 5.99. The van der Waals surface area contributed by atoms with Gasteiger partial charge in [0.2, 0.25) is 12.1 Å². The average Bonchev–Trinajstić information content (AvgIpc) is 3.48. The van der Waals surface area contributed by atoms with Crippen molar-refractivity contribution in [3.05, 3.63) is 82.9 Å². The number of halogens is 1. The molecule has 9 heteroatoms. The fourth-order valence-corrected chi connectivity index (χ4v) is 4.45. The minimum absolute atomic E-state index is 0.0803. The minimum Gasteiger partial charge on any atom is -0.872 e. The Bertz CT molecular complexity index is 1250. The molecular weight excluding hydrogens is 482 g/mol. The molecular formula is C27H28ClN3O5. The van der Waals surface area contributed by atoms with Gasteiger partial charge in [-0.3, -0.25) is 14.6 Å². The summed E-state index contributed by atoms with van der Waals surface area (Å²) in [5.74, 6) is -0.932. The minimum atomic E-state index is -0.848. The van der Waals surface area contributed by atoms with Crippen molar-refractivity contribution in [3.8, 4) is 11.5 Å². The van der Waals surface area contributed by atoms with Crippen LogP contribution in [0.25, 0.3) is 5.76 Å². The summed E-state index contributed by atoms with van der Waals surface area (Å²) in [5.41, 5.74) is 0.817. The zero-order chi connectivity index (χ0) is 25.7. The van der Waals surface area contributed by atoms with Crippen molar-refractivity contribution < 1.29 is 28.7 Å². The average molecular weight is 510 g/mol. The first-order valence-electron chi connectivity index (χ1n) is 11.9. The van der Waals surface area contributed by atoms with Crippen LogP contribution in [0.2, 0.25) is 5.02 Å². The molecule has 1 aliphatic heterocycles. The van der Waals surface area contributed by atoms with Gasteiger partial charge in [-0.05, 0) is 49.2 Å². The van der Waals surface area contributed by atoms with Gasteiger partial charge in [0.15, 0.2) is 11.5 Å². The van der Waals surface area contributed by atoms with Gasteiger partial charge in [-0.25, -0.2) is 4.57 Å². The molecule has 1 saturated heterocycles. The second-order valence-corrected chi connectivity index (χ2v) is 8.69. The summed E-state index contributed by atoms with van der Waals surface area (Å²) in [6.45, 7) is 5.53. The van der Waals surface area contributed by atoms with Gasteiger partial charge in [0, 0.05) is 23.6 Å². The number of Topliss-reactive ketones (excluding diaryl/α,β-unsaturated/α-hetero) is 1. The lowest BCUT2D eigenvalue weighted by Crippen LogP contribution is -2.36. The number of amides is 1. The van der Waals surface area contributed by atoms with E-state index < -0.39 is 23.5 Å². The van der Waals surface area contributed by atoms with Gasteiger partial charge in [-0.1, -0.05) is 35.6 Å². The molecule has 0 spiro atoms. The Morgan fingerprint density at radius 2 is 1.81 bits per heavy atom. The highest BCUT2D eigenvalue weighted by Gasteiger charge is 2.44. The molecule has 1 atom stereocenters. The van der Waals surface area contributed by atoms with E-state index in [1.807, 2.05) is 30.9 Å². The summed E-state index contributed by atoms with van der Waals surface area (Å²) < 4.78 is 13.4. The first kappa shape index (κ1) is 25.3. The molecule has 36 heavy (non-hydrogen) atoms. The van der Waals surface area contributed by atoms with Crippen LogP contribution in [0.5, 0.6) is 11.5 Å². The summed E-state index contributed by atoms with van der Waals surface area (Å²) in [6.07, 6.45) is 6.10. The van der Waals surface area contributed by atoms with Crippen molar-refractivity contribution in [3.63, 3.8) is 0 Å². The highest BCUT2D eigenvalue weighted by atomic mass is 35.5. The summed E-state index contributed by atoms with van der Waals surface area (Å²) in [7, 11) is 0. The third-order valence-corrected chi connectivity index (χ3v) is 6.19. The molecule has 0 aliphatic carbocycles. The SMILES string of the molecule is CCOc1ccc(C2/C(=C(\[O-])c3ccc(Cl)cc3)C(=O)C(=O)N2CCC[n+]2cc[nH]c2)cc1OCC. The maximum atomic E-state index is 13.5. The molecule has 1 aliphatic rings. The Kier molecular flexibility index (Phi) is 7.95. The van der Waals surface area contributed by atoms with Crippen molar-refractivity contribution in [1.82, 2.24) is 9.88 Å². The summed E-state index contributed by atoms with van der Waals surface area (Å²) in [4.78, 5) is 30.8. The summed E-state index contributed by atoms with van der Waals surface area (Å²) in [5, 5.41) is 14.0. The van der Waals surface area contributed by atoms with E-state index in [2.05, 4.69) is 4.98 Å². The van der Waals surface area contributed by atoms with Crippen molar-refractivity contribution in [2.45, 2.75) is 32.9 Å². The quantitative estimate of drug-likeness (QED) is 0.196. The van der Waals surface area contributed by atoms with Crippen LogP contribution in [0.4, 0.5) is 0 Å². The predicted molar refractivity (Wildman–Crippen MR) is 132 cm³/mol. The number of likely N-dealkylation sites (tertiary alicyclic amines) is 1. The zero-order valence-corrected chi connectivity index (χ0v) is 21.0. The largest absolute Gasteiger partial charge is 0.872 e. The normalized spacial score (nSPS) is 17.0. The van der Waals surface area contributed by atoms with E-state index in [-0.39, 0.29) is 5.57 Å². The number of H-pyrrole nitrogens is 1. The van der Waals surface area contributed by atoms with E-state index in [9.17, 15) is 14.7 Å². The maximum absolute atomic E-state index is 13.5. The number of ether oxygens (including phenoxy) is 2. The lowest BCUT2D eigenvalue weighted by molar-refractivity contribution is -0.695. The number of carbonyl (C=O) groups is 2. The number of carbonyl (C=O) groups excluding carboxylic acids is 2. The van der Waals surface area contributed by atoms with Gasteiger partial charge in [0.1, 0.15) is 12.4 Å². The van der Waals surface area contributed by atoms with E-state index in [4.69, 9.17) is 21.1 Å². The lowest BCUT2D eigenvalue weighted by atomic mass is 9.95. The molecule has 188 valence electrons. The highest BCUT2D eigenvalue weighted by molar-refractivity contribution is 6.46. The molecule has 0 saturated carbocycles. The van der Waals surface area contributed by atoms with Crippen molar-refractivity contribution >= 4 is 29.1 Å². The van der Waals surface area contributed by atoms with E-state index in [1.54, 1.807) is 48.7 Å². The first-order chi connectivity index (χ1) is 17.4. The third-order valence-electron chi connectivity index (χ3n) is 5.94. The predicted octanol–water partition coefficient (Wildman–Crippen LogP) is 3.07. The number of nitrogens with zero attached hydrogens (tertiary/aromatic N) is 2. The van der Waals surface area contributed by atoms with Crippen LogP contribution in [-0.2, 0) is 16.1 Å². The van der Waals surface area contributed by atoms with Gasteiger partial charge in [0.25, 0.3) is 5.91 Å². The third kappa shape index (κ3) is 5.23. The van der Waals surface area contributed by atoms with E-state index >= 15 is 0 Å². The molecule has 4 rings (SSSR count). The number of imidazole rings is 1. The van der Waals surface area contributed by atoms with Crippen molar-refractivity contribution in [2.75, 3.05) is 19.8 Å². The molecule has 2 aromatic carbocycles. The van der Waals surface area contributed by atoms with Crippen LogP contribution < -0.4 is 19.1 Å². The Hall–Kier alpha value is -3.78. The molecule has 1 amide bonds. The van der Waals surface area contributed by atoms with Crippen LogP contribution in [-0.4, -0.2) is 41.3 Å². The molecule has 1 fully saturated rings. The first-order valence-corrected chi connectivity index (χ1v) is 12.3. The number of aromatic amines is 1. The molecule has 0 bridgehead atoms. The number of aromatic nitrogens is 2. The van der Waals surface area contributed by atoms with Crippen molar-refractivity contribution in [1.29, 1.82) is 0 Å². The van der Waals surface area contributed by atoms with Crippen LogP contribution >= 0.6 is 11.6 Å². The summed E-state index contributed by atoms with van der Waals surface area (Å²) in [6, 6.07) is 10.7. The molecule has 2 heterocycles. The Balaban J connectivity index is 1.77. The monoisotopic (exact) mass is 509 g/mol. The molecule has 1 aromatic heterocycles. The van der Waals surface area contributed by atoms with Gasteiger partial charge in [-0.2, -0.15) is 0 Å². The van der Waals surface area contributed by atoms with Crippen molar-refractivity contribution in [2.24, 2.45) is 0 Å². The fraction of sp³-hybridized carbons (Fsp3) is 0.296. The van der Waals surface area contributed by atoms with E-state index in [0.717, 1.165) is 0 Å². The smallest absolute Gasteiger partial charge is 0.295 e.